The summed E-state index contributed by atoms with van der Waals surface area (Å²) in [4.78, 5) is 25.9. The number of nitrogens with zero attached hydrogens (tertiary/aromatic N) is 1. The van der Waals surface area contributed by atoms with Crippen molar-refractivity contribution in [1.29, 1.82) is 0 Å². The molecule has 120 valence electrons. The average Bonchev–Trinajstić information content (AvgIpc) is 2.83. The summed E-state index contributed by atoms with van der Waals surface area (Å²) in [6.45, 7) is 4.77. The third kappa shape index (κ3) is 2.64. The minimum Gasteiger partial charge on any atom is -0.481 e. The van der Waals surface area contributed by atoms with Crippen LogP contribution in [0.5, 0.6) is 0 Å². The molecule has 5 heteroatoms. The standard InChI is InChI=1S/C17H23NO4/c1-10-7-8-18(14(9-10)15-6-3-11(2)22-15)16(19)12-4-5-13(12)17(20)21/h3,6,10,12-14H,4-5,7-9H2,1-2H3,(H,20,21). The summed E-state index contributed by atoms with van der Waals surface area (Å²) in [6, 6.07) is 3.80. The van der Waals surface area contributed by atoms with Gasteiger partial charge in [-0.05, 0) is 50.7 Å². The van der Waals surface area contributed by atoms with Gasteiger partial charge in [0.05, 0.1) is 17.9 Å². The number of carboxylic acid groups (broad SMARTS) is 1. The molecular weight excluding hydrogens is 282 g/mol. The quantitative estimate of drug-likeness (QED) is 0.932. The van der Waals surface area contributed by atoms with Crippen molar-refractivity contribution in [3.05, 3.63) is 23.7 Å². The van der Waals surface area contributed by atoms with E-state index in [4.69, 9.17) is 4.42 Å². The van der Waals surface area contributed by atoms with Crippen LogP contribution in [0.15, 0.2) is 16.5 Å². The first-order chi connectivity index (χ1) is 10.5. The van der Waals surface area contributed by atoms with Crippen LogP contribution in [0, 0.1) is 24.7 Å². The van der Waals surface area contributed by atoms with E-state index in [-0.39, 0.29) is 17.9 Å². The lowest BCUT2D eigenvalue weighted by atomic mass is 9.72. The van der Waals surface area contributed by atoms with E-state index in [0.29, 0.717) is 25.3 Å². The Labute approximate surface area is 130 Å². The first kappa shape index (κ1) is 15.1. The number of hydrogen-bond acceptors (Lipinski definition) is 3. The van der Waals surface area contributed by atoms with Crippen LogP contribution in [0.2, 0.25) is 0 Å². The molecule has 1 aromatic heterocycles. The van der Waals surface area contributed by atoms with Gasteiger partial charge < -0.3 is 14.4 Å². The molecule has 1 N–H and O–H groups in total. The Kier molecular flexibility index (Phi) is 3.98. The number of hydrogen-bond donors (Lipinski definition) is 1. The van der Waals surface area contributed by atoms with Crippen molar-refractivity contribution < 1.29 is 19.1 Å². The van der Waals surface area contributed by atoms with Crippen molar-refractivity contribution in [3.8, 4) is 0 Å². The average molecular weight is 305 g/mol. The van der Waals surface area contributed by atoms with E-state index in [1.807, 2.05) is 24.0 Å². The number of furan rings is 1. The van der Waals surface area contributed by atoms with Gasteiger partial charge in [-0.2, -0.15) is 0 Å². The Morgan fingerprint density at radius 1 is 1.23 bits per heavy atom. The van der Waals surface area contributed by atoms with Crippen molar-refractivity contribution in [2.45, 2.75) is 45.6 Å². The molecular formula is C17H23NO4. The number of amides is 1. The molecule has 0 radical (unpaired) electrons. The predicted molar refractivity (Wildman–Crippen MR) is 80.1 cm³/mol. The van der Waals surface area contributed by atoms with Crippen LogP contribution in [-0.2, 0) is 9.59 Å². The lowest BCUT2D eigenvalue weighted by molar-refractivity contribution is -0.159. The molecule has 2 fully saturated rings. The minimum absolute atomic E-state index is 0.00963. The number of piperidine rings is 1. The minimum atomic E-state index is -0.847. The summed E-state index contributed by atoms with van der Waals surface area (Å²) in [5, 5.41) is 9.19. The Hall–Kier alpha value is -1.78. The Balaban J connectivity index is 1.80. The van der Waals surface area contributed by atoms with Crippen LogP contribution in [0.3, 0.4) is 0 Å². The SMILES string of the molecule is Cc1ccc(C2CC(C)CCN2C(=O)C2CCC2C(=O)O)o1. The van der Waals surface area contributed by atoms with E-state index in [2.05, 4.69) is 6.92 Å². The largest absolute Gasteiger partial charge is 0.481 e. The van der Waals surface area contributed by atoms with Crippen LogP contribution in [-0.4, -0.2) is 28.4 Å². The van der Waals surface area contributed by atoms with E-state index in [1.165, 1.54) is 0 Å². The molecule has 4 unspecified atom stereocenters. The lowest BCUT2D eigenvalue weighted by Crippen LogP contribution is -2.49. The Morgan fingerprint density at radius 3 is 2.50 bits per heavy atom. The number of carbonyl (C=O) groups is 2. The van der Waals surface area contributed by atoms with Gasteiger partial charge in [0.1, 0.15) is 11.5 Å². The molecule has 1 amide bonds. The molecule has 1 aliphatic carbocycles. The van der Waals surface area contributed by atoms with E-state index >= 15 is 0 Å². The second-order valence-electron chi connectivity index (χ2n) is 6.75. The number of rotatable bonds is 3. The van der Waals surface area contributed by atoms with Crippen molar-refractivity contribution in [2.75, 3.05) is 6.54 Å². The number of aliphatic carboxylic acids is 1. The maximum atomic E-state index is 12.8. The molecule has 1 saturated heterocycles. The van der Waals surface area contributed by atoms with Crippen LogP contribution >= 0.6 is 0 Å². The van der Waals surface area contributed by atoms with Crippen LogP contribution in [0.4, 0.5) is 0 Å². The predicted octanol–water partition coefficient (Wildman–Crippen LogP) is 3.00. The van der Waals surface area contributed by atoms with Gasteiger partial charge in [0.2, 0.25) is 5.91 Å². The Bertz CT molecular complexity index is 579. The number of carboxylic acids is 1. The molecule has 3 rings (SSSR count). The van der Waals surface area contributed by atoms with Gasteiger partial charge in [0.25, 0.3) is 0 Å². The molecule has 2 heterocycles. The highest BCUT2D eigenvalue weighted by molar-refractivity contribution is 5.86. The normalized spacial score (nSPS) is 31.6. The summed E-state index contributed by atoms with van der Waals surface area (Å²) in [5.74, 6) is 0.479. The van der Waals surface area contributed by atoms with Gasteiger partial charge in [0, 0.05) is 6.54 Å². The van der Waals surface area contributed by atoms with Gasteiger partial charge in [-0.25, -0.2) is 0 Å². The first-order valence-corrected chi connectivity index (χ1v) is 8.07. The van der Waals surface area contributed by atoms with Gasteiger partial charge in [-0.15, -0.1) is 0 Å². The third-order valence-corrected chi connectivity index (χ3v) is 5.15. The third-order valence-electron chi connectivity index (χ3n) is 5.15. The second-order valence-corrected chi connectivity index (χ2v) is 6.75. The fourth-order valence-corrected chi connectivity index (χ4v) is 3.61. The fourth-order valence-electron chi connectivity index (χ4n) is 3.61. The van der Waals surface area contributed by atoms with Gasteiger partial charge in [0.15, 0.2) is 0 Å². The fraction of sp³-hybridized carbons (Fsp3) is 0.647. The van der Waals surface area contributed by atoms with Crippen molar-refractivity contribution in [1.82, 2.24) is 4.90 Å². The Morgan fingerprint density at radius 2 is 1.95 bits per heavy atom. The molecule has 4 atom stereocenters. The van der Waals surface area contributed by atoms with Gasteiger partial charge in [-0.1, -0.05) is 6.92 Å². The number of carbonyl (C=O) groups excluding carboxylic acids is 1. The zero-order valence-electron chi connectivity index (χ0n) is 13.1. The topological polar surface area (TPSA) is 70.8 Å². The zero-order valence-corrected chi connectivity index (χ0v) is 13.1. The molecule has 0 spiro atoms. The molecule has 1 aliphatic heterocycles. The highest BCUT2D eigenvalue weighted by Gasteiger charge is 2.45. The number of likely N-dealkylation sites (tertiary alicyclic amines) is 1. The molecule has 0 aromatic carbocycles. The summed E-state index contributed by atoms with van der Waals surface area (Å²) >= 11 is 0. The molecule has 5 nitrogen and oxygen atoms in total. The molecule has 0 bridgehead atoms. The molecule has 22 heavy (non-hydrogen) atoms. The van der Waals surface area contributed by atoms with Gasteiger partial charge >= 0.3 is 5.97 Å². The number of aryl methyl sites for hydroxylation is 1. The highest BCUT2D eigenvalue weighted by atomic mass is 16.4. The first-order valence-electron chi connectivity index (χ1n) is 8.07. The van der Waals surface area contributed by atoms with E-state index in [0.717, 1.165) is 24.4 Å². The zero-order chi connectivity index (χ0) is 15.9. The van der Waals surface area contributed by atoms with E-state index in [1.54, 1.807) is 0 Å². The second kappa shape index (κ2) is 5.78. The monoisotopic (exact) mass is 305 g/mol. The van der Waals surface area contributed by atoms with E-state index in [9.17, 15) is 14.7 Å². The van der Waals surface area contributed by atoms with Crippen LogP contribution < -0.4 is 0 Å². The van der Waals surface area contributed by atoms with Crippen molar-refractivity contribution in [3.63, 3.8) is 0 Å². The van der Waals surface area contributed by atoms with Crippen molar-refractivity contribution >= 4 is 11.9 Å². The van der Waals surface area contributed by atoms with E-state index < -0.39 is 11.9 Å². The highest BCUT2D eigenvalue weighted by Crippen LogP contribution is 2.41. The van der Waals surface area contributed by atoms with Gasteiger partial charge in [-0.3, -0.25) is 9.59 Å². The summed E-state index contributed by atoms with van der Waals surface area (Å²) in [6.07, 6.45) is 3.14. The molecule has 2 aliphatic rings. The summed E-state index contributed by atoms with van der Waals surface area (Å²) in [5.41, 5.74) is 0. The maximum absolute atomic E-state index is 12.8. The summed E-state index contributed by atoms with van der Waals surface area (Å²) < 4.78 is 5.75. The smallest absolute Gasteiger partial charge is 0.307 e. The molecule has 1 aromatic rings. The van der Waals surface area contributed by atoms with Crippen LogP contribution in [0.25, 0.3) is 0 Å². The summed E-state index contributed by atoms with van der Waals surface area (Å²) in [7, 11) is 0. The lowest BCUT2D eigenvalue weighted by Gasteiger charge is -2.42. The maximum Gasteiger partial charge on any atom is 0.307 e. The van der Waals surface area contributed by atoms with Crippen molar-refractivity contribution in [2.24, 2.45) is 17.8 Å². The van der Waals surface area contributed by atoms with Crippen LogP contribution in [0.1, 0.15) is 50.2 Å². The molecule has 1 saturated carbocycles.